The van der Waals surface area contributed by atoms with Gasteiger partial charge in [0.15, 0.2) is 0 Å². The summed E-state index contributed by atoms with van der Waals surface area (Å²) >= 11 is 0. The van der Waals surface area contributed by atoms with Crippen LogP contribution in [0.25, 0.3) is 0 Å². The third-order valence-electron chi connectivity index (χ3n) is 2.97. The van der Waals surface area contributed by atoms with Gasteiger partial charge >= 0.3 is 12.0 Å². The molecule has 0 radical (unpaired) electrons. The first kappa shape index (κ1) is 15.9. The lowest BCUT2D eigenvalue weighted by Gasteiger charge is -2.27. The number of hydrogen-bond donors (Lipinski definition) is 2. The van der Waals surface area contributed by atoms with Gasteiger partial charge in [-0.2, -0.15) is 0 Å². The molecule has 0 aliphatic heterocycles. The Bertz CT molecular complexity index is 505. The van der Waals surface area contributed by atoms with E-state index in [4.69, 9.17) is 5.11 Å². The first-order chi connectivity index (χ1) is 9.35. The largest absolute Gasteiger partial charge is 0.481 e. The van der Waals surface area contributed by atoms with Gasteiger partial charge in [0.1, 0.15) is 5.82 Å². The van der Waals surface area contributed by atoms with Crippen LogP contribution in [0.2, 0.25) is 0 Å². The molecule has 2 N–H and O–H groups in total. The zero-order chi connectivity index (χ0) is 15.3. The van der Waals surface area contributed by atoms with E-state index < -0.39 is 23.9 Å². The van der Waals surface area contributed by atoms with Crippen molar-refractivity contribution >= 4 is 17.7 Å². The highest BCUT2D eigenvalue weighted by Gasteiger charge is 2.21. The van der Waals surface area contributed by atoms with Crippen molar-refractivity contribution in [3.05, 3.63) is 29.6 Å². The van der Waals surface area contributed by atoms with E-state index in [2.05, 4.69) is 5.32 Å². The Labute approximate surface area is 117 Å². The second-order valence-electron chi connectivity index (χ2n) is 4.65. The number of nitrogens with one attached hydrogen (secondary N) is 1. The molecule has 5 nitrogen and oxygen atoms in total. The molecule has 110 valence electrons. The maximum Gasteiger partial charge on any atom is 0.322 e. The van der Waals surface area contributed by atoms with E-state index in [-0.39, 0.29) is 12.1 Å². The van der Waals surface area contributed by atoms with Crippen molar-refractivity contribution in [3.8, 4) is 0 Å². The standard InChI is InChI=1S/C14H19FN2O3/c1-4-17(10(3)8-13(18)19)14(20)16-12-6-5-9(2)7-11(12)15/h5-7,10H,4,8H2,1-3H3,(H,16,20)(H,18,19). The molecule has 0 spiro atoms. The van der Waals surface area contributed by atoms with Crippen LogP contribution in [0.5, 0.6) is 0 Å². The van der Waals surface area contributed by atoms with E-state index in [1.54, 1.807) is 26.8 Å². The summed E-state index contributed by atoms with van der Waals surface area (Å²) in [6.45, 7) is 5.47. The average Bonchev–Trinajstić information content (AvgIpc) is 2.32. The lowest BCUT2D eigenvalue weighted by Crippen LogP contribution is -2.42. The van der Waals surface area contributed by atoms with E-state index in [1.165, 1.54) is 17.0 Å². The topological polar surface area (TPSA) is 69.6 Å². The third-order valence-corrected chi connectivity index (χ3v) is 2.97. The van der Waals surface area contributed by atoms with Gasteiger partial charge in [0.25, 0.3) is 0 Å². The number of carbonyl (C=O) groups is 2. The van der Waals surface area contributed by atoms with Crippen LogP contribution in [-0.2, 0) is 4.79 Å². The molecule has 1 aromatic rings. The van der Waals surface area contributed by atoms with Gasteiger partial charge in [0, 0.05) is 12.6 Å². The number of nitrogens with zero attached hydrogens (tertiary/aromatic N) is 1. The van der Waals surface area contributed by atoms with Crippen LogP contribution in [0.1, 0.15) is 25.8 Å². The number of urea groups is 1. The number of carboxylic acids is 1. The van der Waals surface area contributed by atoms with Gasteiger partial charge in [-0.15, -0.1) is 0 Å². The Morgan fingerprint density at radius 2 is 2.10 bits per heavy atom. The van der Waals surface area contributed by atoms with Crippen LogP contribution >= 0.6 is 0 Å². The van der Waals surface area contributed by atoms with E-state index in [1.807, 2.05) is 0 Å². The Morgan fingerprint density at radius 3 is 2.60 bits per heavy atom. The van der Waals surface area contributed by atoms with Crippen LogP contribution in [0, 0.1) is 12.7 Å². The van der Waals surface area contributed by atoms with Gasteiger partial charge in [-0.05, 0) is 38.5 Å². The highest BCUT2D eigenvalue weighted by molar-refractivity contribution is 5.90. The van der Waals surface area contributed by atoms with Gasteiger partial charge < -0.3 is 15.3 Å². The monoisotopic (exact) mass is 282 g/mol. The molecule has 20 heavy (non-hydrogen) atoms. The SMILES string of the molecule is CCN(C(=O)Nc1ccc(C)cc1F)C(C)CC(=O)O. The van der Waals surface area contributed by atoms with Gasteiger partial charge in [-0.1, -0.05) is 6.07 Å². The molecule has 0 saturated carbocycles. The molecule has 0 bridgehead atoms. The molecule has 0 heterocycles. The molecule has 0 aliphatic carbocycles. The van der Waals surface area contributed by atoms with Crippen molar-refractivity contribution in [2.45, 2.75) is 33.2 Å². The fourth-order valence-corrected chi connectivity index (χ4v) is 1.93. The number of amides is 2. The van der Waals surface area contributed by atoms with Crippen molar-refractivity contribution in [2.75, 3.05) is 11.9 Å². The molecule has 6 heteroatoms. The number of carbonyl (C=O) groups excluding carboxylic acids is 1. The summed E-state index contributed by atoms with van der Waals surface area (Å²) in [6.07, 6.45) is -0.155. The summed E-state index contributed by atoms with van der Waals surface area (Å²) in [5, 5.41) is 11.2. The van der Waals surface area contributed by atoms with E-state index in [0.29, 0.717) is 6.54 Å². The van der Waals surface area contributed by atoms with Gasteiger partial charge in [-0.3, -0.25) is 4.79 Å². The van der Waals surface area contributed by atoms with E-state index >= 15 is 0 Å². The van der Waals surface area contributed by atoms with Gasteiger partial charge in [-0.25, -0.2) is 9.18 Å². The number of halogens is 1. The van der Waals surface area contributed by atoms with Crippen LogP contribution < -0.4 is 5.32 Å². The van der Waals surface area contributed by atoms with Crippen LogP contribution in [0.3, 0.4) is 0 Å². The summed E-state index contributed by atoms with van der Waals surface area (Å²) < 4.78 is 13.7. The zero-order valence-electron chi connectivity index (χ0n) is 11.8. The predicted octanol–water partition coefficient (Wildman–Crippen LogP) is 2.85. The fraction of sp³-hybridized carbons (Fsp3) is 0.429. The normalized spacial score (nSPS) is 11.8. The highest BCUT2D eigenvalue weighted by Crippen LogP contribution is 2.16. The van der Waals surface area contributed by atoms with Crippen molar-refractivity contribution in [3.63, 3.8) is 0 Å². The summed E-state index contributed by atoms with van der Waals surface area (Å²) in [5.74, 6) is -1.49. The van der Waals surface area contributed by atoms with Gasteiger partial charge in [0.05, 0.1) is 12.1 Å². The molecule has 0 fully saturated rings. The minimum atomic E-state index is -0.981. The number of aryl methyl sites for hydroxylation is 1. The second-order valence-corrected chi connectivity index (χ2v) is 4.65. The third kappa shape index (κ3) is 4.22. The number of aliphatic carboxylic acids is 1. The number of rotatable bonds is 5. The van der Waals surface area contributed by atoms with Crippen LogP contribution in [0.15, 0.2) is 18.2 Å². The summed E-state index contributed by atoms with van der Waals surface area (Å²) in [4.78, 5) is 24.1. The Kier molecular flexibility index (Phi) is 5.49. The Morgan fingerprint density at radius 1 is 1.45 bits per heavy atom. The molecule has 0 aromatic heterocycles. The van der Waals surface area contributed by atoms with Crippen molar-refractivity contribution in [1.29, 1.82) is 0 Å². The molecule has 0 aliphatic rings. The van der Waals surface area contributed by atoms with Crippen LogP contribution in [0.4, 0.5) is 14.9 Å². The summed E-state index contributed by atoms with van der Waals surface area (Å²) in [5.41, 5.74) is 0.841. The first-order valence-electron chi connectivity index (χ1n) is 6.40. The first-order valence-corrected chi connectivity index (χ1v) is 6.40. The second kappa shape index (κ2) is 6.88. The number of benzene rings is 1. The maximum absolute atomic E-state index is 13.7. The minimum absolute atomic E-state index is 0.0848. The number of anilines is 1. The number of carboxylic acid groups (broad SMARTS) is 1. The van der Waals surface area contributed by atoms with Crippen LogP contribution in [-0.4, -0.2) is 34.6 Å². The molecule has 1 unspecified atom stereocenters. The quantitative estimate of drug-likeness (QED) is 0.872. The Balaban J connectivity index is 2.79. The fourth-order valence-electron chi connectivity index (χ4n) is 1.93. The lowest BCUT2D eigenvalue weighted by molar-refractivity contribution is -0.137. The number of hydrogen-bond acceptors (Lipinski definition) is 2. The van der Waals surface area contributed by atoms with Crippen molar-refractivity contribution < 1.29 is 19.1 Å². The Hall–Kier alpha value is -2.11. The molecular formula is C14H19FN2O3. The molecule has 1 aromatic carbocycles. The predicted molar refractivity (Wildman–Crippen MR) is 74.3 cm³/mol. The summed E-state index contributed by atoms with van der Waals surface area (Å²) in [6, 6.07) is 3.52. The van der Waals surface area contributed by atoms with Crippen molar-refractivity contribution in [2.24, 2.45) is 0 Å². The minimum Gasteiger partial charge on any atom is -0.481 e. The van der Waals surface area contributed by atoms with E-state index in [0.717, 1.165) is 5.56 Å². The molecule has 0 saturated heterocycles. The highest BCUT2D eigenvalue weighted by atomic mass is 19.1. The molecule has 2 amide bonds. The lowest BCUT2D eigenvalue weighted by atomic mass is 10.2. The average molecular weight is 282 g/mol. The molecular weight excluding hydrogens is 263 g/mol. The van der Waals surface area contributed by atoms with Crippen molar-refractivity contribution in [1.82, 2.24) is 4.90 Å². The zero-order valence-corrected chi connectivity index (χ0v) is 11.8. The van der Waals surface area contributed by atoms with Gasteiger partial charge in [0.2, 0.25) is 0 Å². The summed E-state index contributed by atoms with van der Waals surface area (Å²) in [7, 11) is 0. The molecule has 1 atom stereocenters. The maximum atomic E-state index is 13.7. The van der Waals surface area contributed by atoms with E-state index in [9.17, 15) is 14.0 Å². The smallest absolute Gasteiger partial charge is 0.322 e. The molecule has 1 rings (SSSR count).